The fourth-order valence-electron chi connectivity index (χ4n) is 2.84. The Balaban J connectivity index is 1.75. The van der Waals surface area contributed by atoms with Crippen molar-refractivity contribution in [3.8, 4) is 5.75 Å². The lowest BCUT2D eigenvalue weighted by atomic mass is 10.0. The molecular weight excluding hydrogens is 390 g/mol. The minimum atomic E-state index is -0.592. The van der Waals surface area contributed by atoms with E-state index in [1.54, 1.807) is 6.07 Å². The number of hydrogen-bond donors (Lipinski definition) is 1. The highest BCUT2D eigenvalue weighted by Crippen LogP contribution is 2.27. The summed E-state index contributed by atoms with van der Waals surface area (Å²) in [5.74, 6) is -0.268. The monoisotopic (exact) mass is 407 g/mol. The minimum Gasteiger partial charge on any atom is -0.483 e. The van der Waals surface area contributed by atoms with Gasteiger partial charge in [-0.05, 0) is 17.7 Å². The molecule has 0 heterocycles. The summed E-state index contributed by atoms with van der Waals surface area (Å²) in [6.45, 7) is -0.411. The highest BCUT2D eigenvalue weighted by Gasteiger charge is 2.17. The number of nitro benzene ring substituents is 2. The molecule has 0 saturated heterocycles. The topological polar surface area (TPSA) is 125 Å². The lowest BCUT2D eigenvalue weighted by Crippen LogP contribution is -2.21. The Morgan fingerprint density at radius 3 is 2.30 bits per heavy atom. The molecule has 3 rings (SSSR count). The van der Waals surface area contributed by atoms with Crippen LogP contribution in [0.25, 0.3) is 0 Å². The number of rotatable bonds is 8. The normalized spacial score (nSPS) is 10.3. The third-order valence-corrected chi connectivity index (χ3v) is 4.23. The number of hydrogen-bond acceptors (Lipinski definition) is 6. The van der Waals surface area contributed by atoms with Crippen molar-refractivity contribution in [2.75, 3.05) is 11.9 Å². The van der Waals surface area contributed by atoms with Crippen LogP contribution in [0.3, 0.4) is 0 Å². The molecule has 0 aliphatic carbocycles. The second kappa shape index (κ2) is 9.28. The molecule has 152 valence electrons. The van der Waals surface area contributed by atoms with Gasteiger partial charge in [-0.1, -0.05) is 42.5 Å². The number of nitrogens with one attached hydrogen (secondary N) is 1. The molecule has 0 aromatic heterocycles. The number of amides is 1. The van der Waals surface area contributed by atoms with Gasteiger partial charge in [-0.25, -0.2) is 0 Å². The molecule has 0 bridgehead atoms. The molecule has 0 atom stereocenters. The molecule has 30 heavy (non-hydrogen) atoms. The average Bonchev–Trinajstić information content (AvgIpc) is 2.73. The van der Waals surface area contributed by atoms with E-state index in [1.807, 2.05) is 30.3 Å². The summed E-state index contributed by atoms with van der Waals surface area (Å²) in [6, 6.07) is 19.2. The molecule has 0 aliphatic rings. The van der Waals surface area contributed by atoms with Gasteiger partial charge in [0.1, 0.15) is 11.4 Å². The van der Waals surface area contributed by atoms with Crippen molar-refractivity contribution in [2.45, 2.75) is 6.42 Å². The number of ether oxygens (including phenoxy) is 1. The van der Waals surface area contributed by atoms with Crippen LogP contribution in [0.2, 0.25) is 0 Å². The van der Waals surface area contributed by atoms with E-state index in [0.717, 1.165) is 5.56 Å². The van der Waals surface area contributed by atoms with Gasteiger partial charge in [-0.2, -0.15) is 0 Å². The number of para-hydroxylation sites is 2. The second-order valence-electron chi connectivity index (χ2n) is 6.32. The van der Waals surface area contributed by atoms with Crippen LogP contribution in [0.1, 0.15) is 11.1 Å². The SMILES string of the molecule is O=C(COc1ccc([N+](=O)[O-])cc1Cc1ccccc1)Nc1ccccc1[N+](=O)[O-]. The third kappa shape index (κ3) is 5.16. The zero-order valence-electron chi connectivity index (χ0n) is 15.7. The fourth-order valence-corrected chi connectivity index (χ4v) is 2.84. The summed E-state index contributed by atoms with van der Waals surface area (Å²) in [5.41, 5.74) is 1.22. The Labute approximate surface area is 171 Å². The largest absolute Gasteiger partial charge is 0.483 e. The molecule has 1 N–H and O–H groups in total. The quantitative estimate of drug-likeness (QED) is 0.442. The Kier molecular flexibility index (Phi) is 6.33. The fraction of sp³-hybridized carbons (Fsp3) is 0.0952. The standard InChI is InChI=1S/C21H17N3O6/c25-21(22-18-8-4-5-9-19(18)24(28)29)14-30-20-11-10-17(23(26)27)13-16(20)12-15-6-2-1-3-7-15/h1-11,13H,12,14H2,(H,22,25). The van der Waals surface area contributed by atoms with Gasteiger partial charge in [0.25, 0.3) is 17.3 Å². The van der Waals surface area contributed by atoms with Crippen LogP contribution in [0.4, 0.5) is 17.1 Å². The number of carbonyl (C=O) groups is 1. The van der Waals surface area contributed by atoms with E-state index in [0.29, 0.717) is 17.7 Å². The molecule has 9 nitrogen and oxygen atoms in total. The Morgan fingerprint density at radius 1 is 0.900 bits per heavy atom. The number of non-ortho nitro benzene ring substituents is 1. The molecule has 0 saturated carbocycles. The maximum atomic E-state index is 12.2. The molecule has 0 unspecified atom stereocenters. The van der Waals surface area contributed by atoms with Gasteiger partial charge < -0.3 is 10.1 Å². The van der Waals surface area contributed by atoms with Crippen molar-refractivity contribution in [2.24, 2.45) is 0 Å². The lowest BCUT2D eigenvalue weighted by Gasteiger charge is -2.12. The average molecular weight is 407 g/mol. The highest BCUT2D eigenvalue weighted by molar-refractivity contribution is 5.94. The predicted molar refractivity (Wildman–Crippen MR) is 110 cm³/mol. The molecule has 1 amide bonds. The summed E-state index contributed by atoms with van der Waals surface area (Å²) >= 11 is 0. The zero-order valence-corrected chi connectivity index (χ0v) is 15.7. The summed E-state index contributed by atoms with van der Waals surface area (Å²) in [7, 11) is 0. The van der Waals surface area contributed by atoms with Crippen molar-refractivity contribution in [1.82, 2.24) is 0 Å². The summed E-state index contributed by atoms with van der Waals surface area (Å²) < 4.78 is 5.57. The van der Waals surface area contributed by atoms with Crippen molar-refractivity contribution in [1.29, 1.82) is 0 Å². The van der Waals surface area contributed by atoms with Gasteiger partial charge in [0.05, 0.1) is 9.85 Å². The second-order valence-corrected chi connectivity index (χ2v) is 6.32. The van der Waals surface area contributed by atoms with E-state index >= 15 is 0 Å². The third-order valence-electron chi connectivity index (χ3n) is 4.23. The van der Waals surface area contributed by atoms with Crippen LogP contribution < -0.4 is 10.1 Å². The number of benzene rings is 3. The maximum Gasteiger partial charge on any atom is 0.292 e. The molecule has 3 aromatic rings. The summed E-state index contributed by atoms with van der Waals surface area (Å²) in [6.07, 6.45) is 0.379. The van der Waals surface area contributed by atoms with Gasteiger partial charge in [0, 0.05) is 30.2 Å². The van der Waals surface area contributed by atoms with Crippen molar-refractivity contribution in [3.05, 3.63) is 104 Å². The van der Waals surface area contributed by atoms with E-state index < -0.39 is 22.4 Å². The molecule has 0 fully saturated rings. The van der Waals surface area contributed by atoms with E-state index in [9.17, 15) is 25.0 Å². The van der Waals surface area contributed by atoms with Gasteiger partial charge in [-0.15, -0.1) is 0 Å². The van der Waals surface area contributed by atoms with E-state index in [-0.39, 0.29) is 17.1 Å². The highest BCUT2D eigenvalue weighted by atomic mass is 16.6. The maximum absolute atomic E-state index is 12.2. The molecule has 0 aliphatic heterocycles. The van der Waals surface area contributed by atoms with E-state index in [4.69, 9.17) is 4.74 Å². The first-order valence-corrected chi connectivity index (χ1v) is 8.91. The number of carbonyl (C=O) groups excluding carboxylic acids is 1. The van der Waals surface area contributed by atoms with E-state index in [1.165, 1.54) is 36.4 Å². The van der Waals surface area contributed by atoms with Crippen LogP contribution >= 0.6 is 0 Å². The zero-order chi connectivity index (χ0) is 21.5. The smallest absolute Gasteiger partial charge is 0.292 e. The van der Waals surface area contributed by atoms with Crippen LogP contribution in [-0.4, -0.2) is 22.4 Å². The molecular formula is C21H17N3O6. The number of nitrogens with zero attached hydrogens (tertiary/aromatic N) is 2. The molecule has 0 spiro atoms. The van der Waals surface area contributed by atoms with Crippen molar-refractivity contribution < 1.29 is 19.4 Å². The summed E-state index contributed by atoms with van der Waals surface area (Å²) in [4.78, 5) is 33.3. The van der Waals surface area contributed by atoms with Crippen molar-refractivity contribution >= 4 is 23.0 Å². The van der Waals surface area contributed by atoms with Gasteiger partial charge in [-0.3, -0.25) is 25.0 Å². The first kappa shape index (κ1) is 20.5. The van der Waals surface area contributed by atoms with Gasteiger partial charge in [0.15, 0.2) is 6.61 Å². The Morgan fingerprint density at radius 2 is 1.60 bits per heavy atom. The van der Waals surface area contributed by atoms with Crippen LogP contribution in [0.5, 0.6) is 5.75 Å². The van der Waals surface area contributed by atoms with Crippen LogP contribution in [-0.2, 0) is 11.2 Å². The first-order valence-electron chi connectivity index (χ1n) is 8.91. The van der Waals surface area contributed by atoms with Crippen LogP contribution in [0, 0.1) is 20.2 Å². The Hall–Kier alpha value is -4.27. The van der Waals surface area contributed by atoms with Crippen molar-refractivity contribution in [3.63, 3.8) is 0 Å². The molecule has 3 aromatic carbocycles. The first-order chi connectivity index (χ1) is 14.4. The predicted octanol–water partition coefficient (Wildman–Crippen LogP) is 4.11. The minimum absolute atomic E-state index is 0.0595. The van der Waals surface area contributed by atoms with Gasteiger partial charge in [0.2, 0.25) is 0 Å². The van der Waals surface area contributed by atoms with Crippen LogP contribution in [0.15, 0.2) is 72.8 Å². The number of anilines is 1. The Bertz CT molecular complexity index is 1090. The molecule has 9 heteroatoms. The van der Waals surface area contributed by atoms with E-state index in [2.05, 4.69) is 5.32 Å². The van der Waals surface area contributed by atoms with Gasteiger partial charge >= 0.3 is 0 Å². The summed E-state index contributed by atoms with van der Waals surface area (Å²) in [5, 5.41) is 24.6. The number of nitro groups is 2. The molecule has 0 radical (unpaired) electrons. The lowest BCUT2D eigenvalue weighted by molar-refractivity contribution is -0.385.